The van der Waals surface area contributed by atoms with E-state index in [9.17, 15) is 4.79 Å². The maximum absolute atomic E-state index is 9.23. The van der Waals surface area contributed by atoms with Gasteiger partial charge in [-0.05, 0) is 0 Å². The minimum atomic E-state index is -0.940. The fourth-order valence-corrected chi connectivity index (χ4v) is 0. The molecule has 0 radical (unpaired) electrons. The van der Waals surface area contributed by atoms with E-state index in [1.807, 2.05) is 0 Å². The van der Waals surface area contributed by atoms with Crippen LogP contribution < -0.4 is 0 Å². The Balaban J connectivity index is 2.85. The van der Waals surface area contributed by atoms with Crippen LogP contribution in [-0.4, -0.2) is 18.0 Å². The standard InChI is InChI=1S/C2H4O2/c3-1-2-4/h1,4H,2H2/i1D. The molecule has 24 valence electrons. The molecule has 0 amide bonds. The predicted molar refractivity (Wildman–Crippen MR) is 13.1 cm³/mol. The van der Waals surface area contributed by atoms with Crippen molar-refractivity contribution in [1.82, 2.24) is 0 Å². The van der Waals surface area contributed by atoms with Gasteiger partial charge in [0.25, 0.3) is 0 Å². The molecule has 0 saturated carbocycles. The first-order chi connectivity index (χ1) is 2.27. The Bertz CT molecular complexity index is 42.9. The summed E-state index contributed by atoms with van der Waals surface area (Å²) in [6, 6.07) is 0. The van der Waals surface area contributed by atoms with Crippen molar-refractivity contribution >= 4 is 6.26 Å². The highest BCUT2D eigenvalue weighted by atomic mass is 16.3. The van der Waals surface area contributed by atoms with E-state index < -0.39 is 12.9 Å². The van der Waals surface area contributed by atoms with Gasteiger partial charge in [0.1, 0.15) is 7.63 Å². The quantitative estimate of drug-likeness (QED) is 0.402. The topological polar surface area (TPSA) is 37.3 Å². The molecule has 0 aromatic rings. The van der Waals surface area contributed by atoms with Crippen LogP contribution in [-0.2, 0) is 4.79 Å². The molecule has 0 aromatic heterocycles. The van der Waals surface area contributed by atoms with Gasteiger partial charge in [-0.25, -0.2) is 0 Å². The third kappa shape index (κ3) is 1.63. The van der Waals surface area contributed by atoms with E-state index in [2.05, 4.69) is 0 Å². The van der Waals surface area contributed by atoms with Crippen LogP contribution in [0.25, 0.3) is 0 Å². The number of carbonyl (C=O) groups is 1. The van der Waals surface area contributed by atoms with E-state index in [1.54, 1.807) is 0 Å². The van der Waals surface area contributed by atoms with Gasteiger partial charge in [-0.15, -0.1) is 0 Å². The molecule has 0 saturated heterocycles. The molecule has 0 fully saturated rings. The van der Waals surface area contributed by atoms with E-state index in [0.717, 1.165) is 0 Å². The maximum Gasteiger partial charge on any atom is 0.145 e. The predicted octanol–water partition coefficient (Wildman–Crippen LogP) is -0.822. The van der Waals surface area contributed by atoms with Crippen molar-refractivity contribution in [1.29, 1.82) is 0 Å². The van der Waals surface area contributed by atoms with Gasteiger partial charge in [-0.3, -0.25) is 0 Å². The minimum Gasteiger partial charge on any atom is -0.389 e. The first-order valence-electron chi connectivity index (χ1n) is 1.37. The van der Waals surface area contributed by atoms with Crippen LogP contribution in [0.1, 0.15) is 1.37 Å². The van der Waals surface area contributed by atoms with Gasteiger partial charge in [0.2, 0.25) is 0 Å². The van der Waals surface area contributed by atoms with Crippen LogP contribution >= 0.6 is 0 Å². The lowest BCUT2D eigenvalue weighted by Gasteiger charge is -1.54. The third-order valence-electron chi connectivity index (χ3n) is 0.0645. The zero-order valence-corrected chi connectivity index (χ0v) is 2.06. The van der Waals surface area contributed by atoms with Crippen LogP contribution in [0.3, 0.4) is 0 Å². The summed E-state index contributed by atoms with van der Waals surface area (Å²) in [6.07, 6.45) is -0.940. The van der Waals surface area contributed by atoms with Gasteiger partial charge in [-0.1, -0.05) is 0 Å². The second kappa shape index (κ2) is 2.63. The minimum absolute atomic E-state index is 0.667. The monoisotopic (exact) mass is 61.0 g/mol. The number of hydrogen-bond donors (Lipinski definition) is 1. The molecule has 0 aromatic carbocycles. The van der Waals surface area contributed by atoms with Crippen molar-refractivity contribution in [3.05, 3.63) is 0 Å². The summed E-state index contributed by atoms with van der Waals surface area (Å²) in [7, 11) is 0. The van der Waals surface area contributed by atoms with Crippen molar-refractivity contribution in [3.63, 3.8) is 0 Å². The molecular formula is C2H4O2. The molecule has 0 aliphatic carbocycles. The number of hydrogen-bond acceptors (Lipinski definition) is 2. The summed E-state index contributed by atoms with van der Waals surface area (Å²) < 4.78 is 5.94. The molecule has 1 N–H and O–H groups in total. The fourth-order valence-electron chi connectivity index (χ4n) is 0. The number of aliphatic hydroxyl groups is 1. The molecule has 0 unspecified atom stereocenters. The maximum atomic E-state index is 9.23. The van der Waals surface area contributed by atoms with Crippen LogP contribution in [0.2, 0.25) is 0 Å². The lowest BCUT2D eigenvalue weighted by Crippen LogP contribution is -1.75. The molecule has 0 spiro atoms. The first kappa shape index (κ1) is 1.91. The Morgan fingerprint density at radius 2 is 2.75 bits per heavy atom. The van der Waals surface area contributed by atoms with E-state index >= 15 is 0 Å². The number of aliphatic hydroxyl groups excluding tert-OH is 1. The van der Waals surface area contributed by atoms with Crippen LogP contribution in [0.5, 0.6) is 0 Å². The highest BCUT2D eigenvalue weighted by Gasteiger charge is 1.53. The molecular weight excluding hydrogens is 56.0 g/mol. The summed E-state index contributed by atoms with van der Waals surface area (Å²) in [6.45, 7) is -0.667. The molecule has 2 heteroatoms. The normalized spacial score (nSPS) is 9.75. The van der Waals surface area contributed by atoms with Gasteiger partial charge < -0.3 is 9.90 Å². The Morgan fingerprint density at radius 1 is 2.50 bits per heavy atom. The molecule has 0 heterocycles. The summed E-state index contributed by atoms with van der Waals surface area (Å²) in [5, 5.41) is 7.61. The fraction of sp³-hybridized carbons (Fsp3) is 0.500. The summed E-state index contributed by atoms with van der Waals surface area (Å²) in [5.41, 5.74) is 0. The van der Waals surface area contributed by atoms with Crippen LogP contribution in [0.15, 0.2) is 0 Å². The second-order valence-electron chi connectivity index (χ2n) is 0.302. The molecule has 0 bridgehead atoms. The highest BCUT2D eigenvalue weighted by molar-refractivity contribution is 5.49. The lowest BCUT2D eigenvalue weighted by atomic mass is 10.9. The number of carbonyl (C=O) groups excluding carboxylic acids is 1. The van der Waals surface area contributed by atoms with E-state index in [-0.39, 0.29) is 0 Å². The van der Waals surface area contributed by atoms with E-state index in [1.165, 1.54) is 0 Å². The van der Waals surface area contributed by atoms with Gasteiger partial charge >= 0.3 is 0 Å². The summed E-state index contributed by atoms with van der Waals surface area (Å²) >= 11 is 0. The van der Waals surface area contributed by atoms with Gasteiger partial charge in [0.05, 0.1) is 6.61 Å². The largest absolute Gasteiger partial charge is 0.389 e. The second-order valence-corrected chi connectivity index (χ2v) is 0.302. The zero-order valence-electron chi connectivity index (χ0n) is 3.06. The molecule has 0 aliphatic rings. The Labute approximate surface area is 25.5 Å². The van der Waals surface area contributed by atoms with Crippen molar-refractivity contribution in [2.24, 2.45) is 0 Å². The molecule has 0 atom stereocenters. The summed E-state index contributed by atoms with van der Waals surface area (Å²) in [5.74, 6) is 0. The highest BCUT2D eigenvalue weighted by Crippen LogP contribution is 1.27. The number of aldehydes is 1. The summed E-state index contributed by atoms with van der Waals surface area (Å²) in [4.78, 5) is 9.23. The molecule has 0 rings (SSSR count). The van der Waals surface area contributed by atoms with Crippen molar-refractivity contribution < 1.29 is 11.3 Å². The Hall–Kier alpha value is -0.370. The van der Waals surface area contributed by atoms with Gasteiger partial charge in [0, 0.05) is 0 Å². The Morgan fingerprint density at radius 3 is 2.75 bits per heavy atom. The Kier molecular flexibility index (Phi) is 1.25. The average molecular weight is 61.1 g/mol. The zero-order chi connectivity index (χ0) is 4.28. The first-order valence-corrected chi connectivity index (χ1v) is 0.874. The SMILES string of the molecule is [2H]C(=O)CO. The lowest BCUT2D eigenvalue weighted by molar-refractivity contribution is -0.110. The smallest absolute Gasteiger partial charge is 0.145 e. The van der Waals surface area contributed by atoms with Crippen molar-refractivity contribution in [2.45, 2.75) is 0 Å². The van der Waals surface area contributed by atoms with Gasteiger partial charge in [-0.2, -0.15) is 0 Å². The van der Waals surface area contributed by atoms with Crippen molar-refractivity contribution in [2.75, 3.05) is 6.61 Å². The molecule has 4 heavy (non-hydrogen) atoms. The van der Waals surface area contributed by atoms with E-state index in [0.29, 0.717) is 0 Å². The van der Waals surface area contributed by atoms with Gasteiger partial charge in [0.15, 0.2) is 0 Å². The molecule has 2 nitrogen and oxygen atoms in total. The van der Waals surface area contributed by atoms with Crippen LogP contribution in [0.4, 0.5) is 0 Å². The van der Waals surface area contributed by atoms with Crippen molar-refractivity contribution in [3.8, 4) is 0 Å². The third-order valence-corrected chi connectivity index (χ3v) is 0.0645. The molecule has 0 aliphatic heterocycles. The van der Waals surface area contributed by atoms with E-state index in [4.69, 9.17) is 6.48 Å². The number of rotatable bonds is 1. The van der Waals surface area contributed by atoms with Crippen LogP contribution in [0, 0.1) is 0 Å². The average Bonchev–Trinajstić information content (AvgIpc) is 1.38.